The van der Waals surface area contributed by atoms with Gasteiger partial charge in [0.2, 0.25) is 0 Å². The maximum Gasteiger partial charge on any atom is 0.153 e. The monoisotopic (exact) mass is 578 g/mol. The topological polar surface area (TPSA) is 96.1 Å². The first kappa shape index (κ1) is 27.6. The van der Waals surface area contributed by atoms with Crippen molar-refractivity contribution in [1.82, 2.24) is 9.78 Å². The van der Waals surface area contributed by atoms with E-state index in [1.807, 2.05) is 29.2 Å². The molecule has 0 amide bonds. The van der Waals surface area contributed by atoms with Crippen LogP contribution in [-0.2, 0) is 14.6 Å². The summed E-state index contributed by atoms with van der Waals surface area (Å²) < 4.78 is 54.1. The molecule has 2 aliphatic carbocycles. The molecule has 10 heteroatoms. The van der Waals surface area contributed by atoms with Gasteiger partial charge in [0.1, 0.15) is 23.1 Å². The van der Waals surface area contributed by atoms with E-state index in [0.717, 1.165) is 67.1 Å². The lowest BCUT2D eigenvalue weighted by Gasteiger charge is -2.31. The van der Waals surface area contributed by atoms with Crippen molar-refractivity contribution in [3.8, 4) is 22.9 Å². The third-order valence-electron chi connectivity index (χ3n) is 8.92. The summed E-state index contributed by atoms with van der Waals surface area (Å²) in [6, 6.07) is 13.3. The molecule has 2 saturated carbocycles. The second-order valence-corrected chi connectivity index (χ2v) is 14.0. The Morgan fingerprint density at radius 1 is 1.05 bits per heavy atom. The van der Waals surface area contributed by atoms with Crippen LogP contribution in [0.15, 0.2) is 48.7 Å². The first-order chi connectivity index (χ1) is 19.7. The Hall–Kier alpha value is -3.58. The number of carbonyl (C=O) groups is 1. The largest absolute Gasteiger partial charge is 0.369 e. The van der Waals surface area contributed by atoms with Crippen molar-refractivity contribution in [2.75, 3.05) is 29.5 Å². The van der Waals surface area contributed by atoms with Gasteiger partial charge in [0.15, 0.2) is 9.84 Å². The number of carbonyl (C=O) groups excluding carboxylic acids is 1. The van der Waals surface area contributed by atoms with Crippen molar-refractivity contribution in [2.24, 2.45) is 11.3 Å². The Morgan fingerprint density at radius 2 is 1.76 bits per heavy atom. The number of nitriles is 1. The first-order valence-electron chi connectivity index (χ1n) is 14.2. The Kier molecular flexibility index (Phi) is 7.18. The van der Waals surface area contributed by atoms with Crippen molar-refractivity contribution in [3.63, 3.8) is 0 Å². The molecule has 7 nitrogen and oxygen atoms in total. The average Bonchev–Trinajstić information content (AvgIpc) is 3.61. The Morgan fingerprint density at radius 3 is 2.44 bits per heavy atom. The van der Waals surface area contributed by atoms with E-state index in [1.54, 1.807) is 6.20 Å². The fourth-order valence-electron chi connectivity index (χ4n) is 6.28. The van der Waals surface area contributed by atoms with Gasteiger partial charge in [-0.3, -0.25) is 4.79 Å². The van der Waals surface area contributed by atoms with E-state index in [9.17, 15) is 27.3 Å². The molecule has 2 heterocycles. The van der Waals surface area contributed by atoms with Crippen LogP contribution in [0.4, 0.5) is 14.5 Å². The molecule has 0 spiro atoms. The highest BCUT2D eigenvalue weighted by atomic mass is 32.2. The van der Waals surface area contributed by atoms with Gasteiger partial charge in [-0.1, -0.05) is 25.0 Å². The minimum Gasteiger partial charge on any atom is -0.369 e. The SMILES string of the molecule is N#CC1(CC(=O)[C@@H]2CCCC[C@H]2c2nn(-c3cc(F)ccc3F)cc2-c2ccc(N3CCS(=O)(=O)CC3)cc2)CC1. The normalized spacial score (nSPS) is 23.1. The maximum absolute atomic E-state index is 14.8. The summed E-state index contributed by atoms with van der Waals surface area (Å²) in [5, 5.41) is 14.4. The number of ketones is 1. The standard InChI is InChI=1S/C31H32F2N4O3S/c32-22-7-10-27(33)28(17-22)37-19-26(21-5-8-23(9-6-21)36-13-15-41(39,40)16-14-36)30(35-37)25-4-2-1-3-24(25)29(38)18-31(20-34)11-12-31/h5-10,17,19,24-25H,1-4,11-16,18H2/t24-,25-/m1/s1. The van der Waals surface area contributed by atoms with Crippen molar-refractivity contribution < 1.29 is 22.0 Å². The van der Waals surface area contributed by atoms with Gasteiger partial charge in [-0.25, -0.2) is 21.9 Å². The predicted molar refractivity (Wildman–Crippen MR) is 151 cm³/mol. The average molecular weight is 579 g/mol. The van der Waals surface area contributed by atoms with Crippen LogP contribution in [0.5, 0.6) is 0 Å². The van der Waals surface area contributed by atoms with Gasteiger partial charge >= 0.3 is 0 Å². The summed E-state index contributed by atoms with van der Waals surface area (Å²) in [5.41, 5.74) is 2.60. The zero-order valence-corrected chi connectivity index (χ0v) is 23.5. The predicted octanol–water partition coefficient (Wildman–Crippen LogP) is 5.59. The zero-order valence-electron chi connectivity index (χ0n) is 22.7. The van der Waals surface area contributed by atoms with Gasteiger partial charge in [-0.2, -0.15) is 10.4 Å². The van der Waals surface area contributed by atoms with Crippen molar-refractivity contribution in [2.45, 2.75) is 50.9 Å². The molecule has 1 aliphatic heterocycles. The van der Waals surface area contributed by atoms with Gasteiger partial charge in [0.25, 0.3) is 0 Å². The molecule has 3 aliphatic rings. The van der Waals surface area contributed by atoms with Crippen LogP contribution in [-0.4, -0.2) is 48.6 Å². The fraction of sp³-hybridized carbons (Fsp3) is 0.452. The van der Waals surface area contributed by atoms with E-state index >= 15 is 0 Å². The Bertz CT molecular complexity index is 1610. The van der Waals surface area contributed by atoms with Gasteiger partial charge in [0.05, 0.1) is 28.7 Å². The Labute approximate surface area is 238 Å². The molecule has 0 radical (unpaired) electrons. The third kappa shape index (κ3) is 5.65. The number of halogens is 2. The van der Waals surface area contributed by atoms with Crippen molar-refractivity contribution in [1.29, 1.82) is 5.26 Å². The first-order valence-corrected chi connectivity index (χ1v) is 16.0. The number of aromatic nitrogens is 2. The molecular formula is C31H32F2N4O3S. The van der Waals surface area contributed by atoms with Crippen molar-refractivity contribution in [3.05, 3.63) is 66.0 Å². The van der Waals surface area contributed by atoms with Crippen LogP contribution in [0, 0.1) is 34.3 Å². The minimum atomic E-state index is -3.00. The van der Waals surface area contributed by atoms with E-state index in [0.29, 0.717) is 25.2 Å². The summed E-state index contributed by atoms with van der Waals surface area (Å²) in [5.74, 6) is -1.35. The molecule has 1 saturated heterocycles. The lowest BCUT2D eigenvalue weighted by molar-refractivity contribution is -0.125. The van der Waals surface area contributed by atoms with Crippen molar-refractivity contribution >= 4 is 21.3 Å². The molecule has 214 valence electrons. The number of anilines is 1. The molecule has 0 unspecified atom stereocenters. The lowest BCUT2D eigenvalue weighted by atomic mass is 9.72. The van der Waals surface area contributed by atoms with Crippen LogP contribution in [0.3, 0.4) is 0 Å². The maximum atomic E-state index is 14.8. The number of sulfone groups is 1. The molecule has 0 N–H and O–H groups in total. The highest BCUT2D eigenvalue weighted by Gasteiger charge is 2.47. The van der Waals surface area contributed by atoms with E-state index in [2.05, 4.69) is 6.07 Å². The molecule has 6 rings (SSSR count). The molecule has 3 fully saturated rings. The highest BCUT2D eigenvalue weighted by molar-refractivity contribution is 7.91. The number of nitrogens with zero attached hydrogens (tertiary/aromatic N) is 4. The lowest BCUT2D eigenvalue weighted by Crippen LogP contribution is -2.40. The quantitative estimate of drug-likeness (QED) is 0.363. The summed E-state index contributed by atoms with van der Waals surface area (Å²) >= 11 is 0. The number of rotatable bonds is 7. The molecule has 1 aromatic heterocycles. The number of Topliss-reactive ketones (excluding diaryl/α,β-unsaturated/α-hetero) is 1. The second kappa shape index (κ2) is 10.7. The smallest absolute Gasteiger partial charge is 0.153 e. The fourth-order valence-corrected chi connectivity index (χ4v) is 7.48. The van der Waals surface area contributed by atoms with Gasteiger partial charge in [-0.05, 0) is 55.5 Å². The summed E-state index contributed by atoms with van der Waals surface area (Å²) in [6.07, 6.45) is 6.75. The van der Waals surface area contributed by atoms with Crippen LogP contribution in [0.2, 0.25) is 0 Å². The molecule has 2 atom stereocenters. The van der Waals surface area contributed by atoms with Crippen LogP contribution in [0.1, 0.15) is 56.6 Å². The second-order valence-electron chi connectivity index (χ2n) is 11.7. The number of benzene rings is 2. The summed E-state index contributed by atoms with van der Waals surface area (Å²) in [4.78, 5) is 15.6. The van der Waals surface area contributed by atoms with E-state index in [1.165, 1.54) is 4.68 Å². The van der Waals surface area contributed by atoms with Gasteiger partial charge in [-0.15, -0.1) is 0 Å². The zero-order chi connectivity index (χ0) is 28.8. The van der Waals surface area contributed by atoms with Gasteiger partial charge < -0.3 is 4.90 Å². The van der Waals surface area contributed by atoms with Crippen LogP contribution < -0.4 is 4.90 Å². The van der Waals surface area contributed by atoms with Crippen LogP contribution in [0.25, 0.3) is 16.8 Å². The molecule has 0 bridgehead atoms. The van der Waals surface area contributed by atoms with Gasteiger partial charge in [0, 0.05) is 54.9 Å². The number of hydrogen-bond acceptors (Lipinski definition) is 6. The molecular weight excluding hydrogens is 546 g/mol. The summed E-state index contributed by atoms with van der Waals surface area (Å²) in [7, 11) is -3.00. The molecule has 2 aromatic carbocycles. The minimum absolute atomic E-state index is 0.0104. The molecule has 41 heavy (non-hydrogen) atoms. The van der Waals surface area contributed by atoms with E-state index in [4.69, 9.17) is 5.10 Å². The highest BCUT2D eigenvalue weighted by Crippen LogP contribution is 2.51. The van der Waals surface area contributed by atoms with E-state index < -0.39 is 26.9 Å². The molecule has 3 aromatic rings. The summed E-state index contributed by atoms with van der Waals surface area (Å²) in [6.45, 7) is 0.861. The van der Waals surface area contributed by atoms with Crippen LogP contribution >= 0.6 is 0 Å². The van der Waals surface area contributed by atoms with E-state index in [-0.39, 0.29) is 41.2 Å². The number of hydrogen-bond donors (Lipinski definition) is 0. The Balaban J connectivity index is 1.37. The third-order valence-corrected chi connectivity index (χ3v) is 10.5.